The first-order valence-corrected chi connectivity index (χ1v) is 8.92. The van der Waals surface area contributed by atoms with E-state index in [4.69, 9.17) is 4.74 Å². The Kier molecular flexibility index (Phi) is 4.27. The normalized spacial score (nSPS) is 17.1. The van der Waals surface area contributed by atoms with Gasteiger partial charge in [0.15, 0.2) is 0 Å². The van der Waals surface area contributed by atoms with Gasteiger partial charge in [-0.1, -0.05) is 6.07 Å². The molecule has 1 unspecified atom stereocenters. The second kappa shape index (κ2) is 5.67. The smallest absolute Gasteiger partial charge is 0.442 e. The SMILES string of the molecule is CC(C)(C)OC(=O)N=S(C)(=O)c1cccc2c1CCCN2. The molecule has 0 aromatic heterocycles. The molecule has 1 aromatic carbocycles. The molecule has 116 valence electrons. The van der Waals surface area contributed by atoms with Crippen LogP contribution in [0.2, 0.25) is 0 Å². The summed E-state index contributed by atoms with van der Waals surface area (Å²) in [7, 11) is -2.81. The maximum atomic E-state index is 12.9. The molecular formula is C15H22N2O3S. The zero-order valence-corrected chi connectivity index (χ0v) is 13.8. The van der Waals surface area contributed by atoms with E-state index >= 15 is 0 Å². The minimum atomic E-state index is -2.81. The van der Waals surface area contributed by atoms with Gasteiger partial charge < -0.3 is 10.1 Å². The summed E-state index contributed by atoms with van der Waals surface area (Å²) < 4.78 is 21.8. The zero-order valence-electron chi connectivity index (χ0n) is 12.9. The predicted octanol–water partition coefficient (Wildman–Crippen LogP) is 3.44. The van der Waals surface area contributed by atoms with Gasteiger partial charge in [0, 0.05) is 18.5 Å². The van der Waals surface area contributed by atoms with Crippen LogP contribution in [0.1, 0.15) is 32.8 Å². The highest BCUT2D eigenvalue weighted by molar-refractivity contribution is 7.93. The number of fused-ring (bicyclic) bond motifs is 1. The van der Waals surface area contributed by atoms with Crippen molar-refractivity contribution in [3.63, 3.8) is 0 Å². The Bertz CT molecular complexity index is 668. The minimum absolute atomic E-state index is 0.623. The molecule has 2 rings (SSSR count). The largest absolute Gasteiger partial charge is 0.442 e. The van der Waals surface area contributed by atoms with E-state index in [1.807, 2.05) is 12.1 Å². The summed E-state index contributed by atoms with van der Waals surface area (Å²) in [4.78, 5) is 12.5. The van der Waals surface area contributed by atoms with Gasteiger partial charge in [0.2, 0.25) is 0 Å². The summed E-state index contributed by atoms with van der Waals surface area (Å²) >= 11 is 0. The van der Waals surface area contributed by atoms with Crippen LogP contribution in [0.4, 0.5) is 10.5 Å². The standard InChI is InChI=1S/C15H22N2O3S/c1-15(2,3)20-14(18)17-21(4,19)13-9-5-8-12-11(13)7-6-10-16-12/h5,8-9,16H,6-7,10H2,1-4H3. The zero-order chi connectivity index (χ0) is 15.7. The van der Waals surface area contributed by atoms with E-state index < -0.39 is 21.4 Å². The Hall–Kier alpha value is -1.56. The summed E-state index contributed by atoms with van der Waals surface area (Å²) in [6.45, 7) is 6.18. The summed E-state index contributed by atoms with van der Waals surface area (Å²) in [5.74, 6) is 0. The molecule has 1 aliphatic rings. The molecule has 5 nitrogen and oxygen atoms in total. The quantitative estimate of drug-likeness (QED) is 0.863. The summed E-state index contributed by atoms with van der Waals surface area (Å²) in [5.41, 5.74) is 1.32. The van der Waals surface area contributed by atoms with Crippen LogP contribution in [-0.4, -0.2) is 28.7 Å². The van der Waals surface area contributed by atoms with E-state index in [9.17, 15) is 9.00 Å². The van der Waals surface area contributed by atoms with Gasteiger partial charge >= 0.3 is 6.09 Å². The van der Waals surface area contributed by atoms with Crippen LogP contribution in [0.3, 0.4) is 0 Å². The van der Waals surface area contributed by atoms with Crippen molar-refractivity contribution in [1.29, 1.82) is 0 Å². The Morgan fingerprint density at radius 1 is 1.38 bits per heavy atom. The average molecular weight is 310 g/mol. The number of carbonyl (C=O) groups is 1. The molecule has 1 heterocycles. The van der Waals surface area contributed by atoms with Crippen molar-refractivity contribution in [2.45, 2.75) is 44.1 Å². The van der Waals surface area contributed by atoms with Gasteiger partial charge in [-0.25, -0.2) is 9.00 Å². The molecule has 1 N–H and O–H groups in total. The van der Waals surface area contributed by atoms with E-state index in [1.54, 1.807) is 26.8 Å². The van der Waals surface area contributed by atoms with Crippen LogP contribution in [-0.2, 0) is 20.9 Å². The van der Waals surface area contributed by atoms with E-state index in [1.165, 1.54) is 6.26 Å². The van der Waals surface area contributed by atoms with Gasteiger partial charge in [-0.3, -0.25) is 0 Å². The lowest BCUT2D eigenvalue weighted by molar-refractivity contribution is 0.0607. The van der Waals surface area contributed by atoms with Gasteiger partial charge in [0.1, 0.15) is 5.60 Å². The number of benzene rings is 1. The number of hydrogen-bond acceptors (Lipinski definition) is 4. The lowest BCUT2D eigenvalue weighted by Crippen LogP contribution is -2.23. The molecule has 0 aliphatic carbocycles. The third-order valence-electron chi connectivity index (χ3n) is 3.10. The molecule has 21 heavy (non-hydrogen) atoms. The van der Waals surface area contributed by atoms with Crippen molar-refractivity contribution in [1.82, 2.24) is 0 Å². The van der Waals surface area contributed by atoms with Crippen LogP contribution in [0.5, 0.6) is 0 Å². The van der Waals surface area contributed by atoms with Crippen molar-refractivity contribution >= 4 is 21.5 Å². The molecule has 0 radical (unpaired) electrons. The molecule has 0 saturated carbocycles. The first kappa shape index (κ1) is 15.8. The number of amides is 1. The molecule has 1 aromatic rings. The number of anilines is 1. The second-order valence-corrected chi connectivity index (χ2v) is 8.41. The third-order valence-corrected chi connectivity index (χ3v) is 4.80. The van der Waals surface area contributed by atoms with Crippen LogP contribution in [0.15, 0.2) is 27.5 Å². The van der Waals surface area contributed by atoms with Crippen LogP contribution >= 0.6 is 0 Å². The first-order chi connectivity index (χ1) is 9.69. The van der Waals surface area contributed by atoms with E-state index in [-0.39, 0.29) is 0 Å². The number of carbonyl (C=O) groups excluding carboxylic acids is 1. The highest BCUT2D eigenvalue weighted by atomic mass is 32.2. The van der Waals surface area contributed by atoms with Gasteiger partial charge in [-0.15, -0.1) is 4.36 Å². The van der Waals surface area contributed by atoms with Crippen molar-refractivity contribution in [2.24, 2.45) is 4.36 Å². The number of hydrogen-bond donors (Lipinski definition) is 1. The van der Waals surface area contributed by atoms with E-state index in [0.29, 0.717) is 4.90 Å². The molecule has 0 spiro atoms. The van der Waals surface area contributed by atoms with Crippen molar-refractivity contribution in [2.75, 3.05) is 18.1 Å². The maximum Gasteiger partial charge on any atom is 0.442 e. The fraction of sp³-hybridized carbons (Fsp3) is 0.533. The highest BCUT2D eigenvalue weighted by Gasteiger charge is 2.21. The number of ether oxygens (including phenoxy) is 1. The van der Waals surface area contributed by atoms with Crippen molar-refractivity contribution < 1.29 is 13.7 Å². The van der Waals surface area contributed by atoms with Gasteiger partial charge in [-0.05, 0) is 51.3 Å². The Morgan fingerprint density at radius 3 is 2.76 bits per heavy atom. The van der Waals surface area contributed by atoms with Crippen LogP contribution in [0, 0.1) is 0 Å². The summed E-state index contributed by atoms with van der Waals surface area (Å²) in [6, 6.07) is 5.57. The van der Waals surface area contributed by atoms with Crippen molar-refractivity contribution in [3.8, 4) is 0 Å². The molecule has 0 bridgehead atoms. The average Bonchev–Trinajstić information content (AvgIpc) is 2.35. The van der Waals surface area contributed by atoms with Gasteiger partial charge in [0.25, 0.3) is 0 Å². The third kappa shape index (κ3) is 3.97. The Balaban J connectivity index is 2.40. The first-order valence-electron chi connectivity index (χ1n) is 7.00. The van der Waals surface area contributed by atoms with Gasteiger partial charge in [-0.2, -0.15) is 0 Å². The highest BCUT2D eigenvalue weighted by Crippen LogP contribution is 2.29. The topological polar surface area (TPSA) is 67.8 Å². The minimum Gasteiger partial charge on any atom is -0.442 e. The lowest BCUT2D eigenvalue weighted by Gasteiger charge is -2.21. The molecule has 0 saturated heterocycles. The van der Waals surface area contributed by atoms with Crippen LogP contribution in [0.25, 0.3) is 0 Å². The number of rotatable bonds is 1. The molecule has 0 fully saturated rings. The van der Waals surface area contributed by atoms with Gasteiger partial charge in [0.05, 0.1) is 14.6 Å². The Labute approximate surface area is 126 Å². The molecular weight excluding hydrogens is 288 g/mol. The molecule has 1 aliphatic heterocycles. The number of nitrogens with one attached hydrogen (secondary N) is 1. The second-order valence-electron chi connectivity index (χ2n) is 6.19. The predicted molar refractivity (Wildman–Crippen MR) is 84.2 cm³/mol. The van der Waals surface area contributed by atoms with Crippen molar-refractivity contribution in [3.05, 3.63) is 23.8 Å². The maximum absolute atomic E-state index is 12.9. The summed E-state index contributed by atoms with van der Waals surface area (Å²) in [5, 5.41) is 3.28. The molecule has 1 amide bonds. The molecule has 6 heteroatoms. The number of nitrogens with zero attached hydrogens (tertiary/aromatic N) is 1. The fourth-order valence-corrected chi connectivity index (χ4v) is 3.72. The molecule has 1 atom stereocenters. The van der Waals surface area contributed by atoms with E-state index in [0.717, 1.165) is 30.6 Å². The monoisotopic (exact) mass is 310 g/mol. The Morgan fingerprint density at radius 2 is 2.10 bits per heavy atom. The summed E-state index contributed by atoms with van der Waals surface area (Å²) in [6.07, 6.45) is 2.52. The fourth-order valence-electron chi connectivity index (χ4n) is 2.30. The van der Waals surface area contributed by atoms with Crippen LogP contribution < -0.4 is 5.32 Å². The lowest BCUT2D eigenvalue weighted by atomic mass is 10.0. The van der Waals surface area contributed by atoms with E-state index in [2.05, 4.69) is 9.68 Å².